The number of hydrogen-bond donors (Lipinski definition) is 3. The van der Waals surface area contributed by atoms with E-state index in [9.17, 15) is 9.59 Å². The lowest BCUT2D eigenvalue weighted by atomic mass is 9.80. The van der Waals surface area contributed by atoms with Gasteiger partial charge in [0.15, 0.2) is 11.3 Å². The fourth-order valence-corrected chi connectivity index (χ4v) is 2.44. The smallest absolute Gasteiger partial charge is 0.455 e. The van der Waals surface area contributed by atoms with Crippen LogP contribution in [-0.4, -0.2) is 34.9 Å². The van der Waals surface area contributed by atoms with Crippen LogP contribution in [0.15, 0.2) is 60.3 Å². The molecule has 0 saturated carbocycles. The molecule has 1 fully saturated rings. The van der Waals surface area contributed by atoms with Crippen LogP contribution in [0, 0.1) is 0 Å². The Bertz CT molecular complexity index is 900. The van der Waals surface area contributed by atoms with Crippen LogP contribution in [0.2, 0.25) is 0 Å². The van der Waals surface area contributed by atoms with Crippen molar-refractivity contribution < 1.29 is 33.8 Å². The van der Waals surface area contributed by atoms with E-state index in [1.165, 1.54) is 32.2 Å². The van der Waals surface area contributed by atoms with Gasteiger partial charge in [-0.15, -0.1) is 0 Å². The van der Waals surface area contributed by atoms with Crippen LogP contribution in [0.25, 0.3) is 0 Å². The molecule has 0 atom stereocenters. The van der Waals surface area contributed by atoms with Gasteiger partial charge in [0.1, 0.15) is 5.75 Å². The molecule has 2 aromatic rings. The van der Waals surface area contributed by atoms with Crippen molar-refractivity contribution in [3.8, 4) is 11.5 Å². The number of ether oxygens (including phenoxy) is 3. The first kappa shape index (κ1) is 19.5. The van der Waals surface area contributed by atoms with Crippen molar-refractivity contribution in [2.24, 2.45) is 0 Å². The lowest BCUT2D eigenvalue weighted by molar-refractivity contribution is -0.222. The molecule has 8 nitrogen and oxygen atoms in total. The lowest BCUT2D eigenvalue weighted by Gasteiger charge is -2.29. The van der Waals surface area contributed by atoms with Crippen molar-refractivity contribution in [3.63, 3.8) is 0 Å². The summed E-state index contributed by atoms with van der Waals surface area (Å²) in [5.74, 6) is -1.99. The zero-order valence-corrected chi connectivity index (χ0v) is 15.2. The van der Waals surface area contributed by atoms with E-state index in [-0.39, 0.29) is 5.57 Å². The number of para-hydroxylation sites is 2. The minimum Gasteiger partial charge on any atom is -0.455 e. The summed E-state index contributed by atoms with van der Waals surface area (Å²) in [6.07, 6.45) is 1.20. The van der Waals surface area contributed by atoms with Gasteiger partial charge in [-0.05, 0) is 29.7 Å². The van der Waals surface area contributed by atoms with Gasteiger partial charge in [0.2, 0.25) is 0 Å². The Morgan fingerprint density at radius 1 is 1.00 bits per heavy atom. The Kier molecular flexibility index (Phi) is 5.39. The van der Waals surface area contributed by atoms with Crippen LogP contribution in [0.3, 0.4) is 0 Å². The highest BCUT2D eigenvalue weighted by molar-refractivity contribution is 6.58. The van der Waals surface area contributed by atoms with Crippen LogP contribution in [0.5, 0.6) is 11.5 Å². The third kappa shape index (κ3) is 4.51. The second-order valence-electron chi connectivity index (χ2n) is 6.42. The molecular weight excluding hydrogens is 365 g/mol. The molecule has 0 radical (unpaired) electrons. The van der Waals surface area contributed by atoms with E-state index >= 15 is 0 Å². The SMILES string of the molecule is CC1(C)OC(=O)C(=CNc2ccccc2Oc2ccc(B(O)O)cc2)C(=O)O1. The second kappa shape index (κ2) is 7.75. The molecule has 3 N–H and O–H groups in total. The maximum Gasteiger partial charge on any atom is 0.488 e. The highest BCUT2D eigenvalue weighted by Gasteiger charge is 2.38. The first-order chi connectivity index (χ1) is 13.2. The van der Waals surface area contributed by atoms with E-state index in [1.54, 1.807) is 36.4 Å². The standard InChI is InChI=1S/C19H18BNO7/c1-19(2)27-17(22)14(18(23)28-19)11-21-15-5-3-4-6-16(15)26-13-9-7-12(8-10-13)20(24)25/h3-11,21,24-25H,1-2H3. The molecular formula is C19H18BNO7. The summed E-state index contributed by atoms with van der Waals surface area (Å²) in [5, 5.41) is 21.1. The predicted octanol–water partition coefficient (Wildman–Crippen LogP) is 1.29. The Hall–Kier alpha value is -3.30. The third-order valence-corrected chi connectivity index (χ3v) is 3.78. The maximum absolute atomic E-state index is 12.0. The number of cyclic esters (lactones) is 2. The topological polar surface area (TPSA) is 114 Å². The first-order valence-corrected chi connectivity index (χ1v) is 8.41. The molecule has 1 saturated heterocycles. The summed E-state index contributed by atoms with van der Waals surface area (Å²) < 4.78 is 15.9. The van der Waals surface area contributed by atoms with E-state index in [0.29, 0.717) is 22.6 Å². The molecule has 0 unspecified atom stereocenters. The largest absolute Gasteiger partial charge is 0.488 e. The number of rotatable bonds is 5. The minimum absolute atomic E-state index is 0.268. The van der Waals surface area contributed by atoms with E-state index in [2.05, 4.69) is 5.32 Å². The zero-order valence-electron chi connectivity index (χ0n) is 15.2. The summed E-state index contributed by atoms with van der Waals surface area (Å²) >= 11 is 0. The first-order valence-electron chi connectivity index (χ1n) is 8.41. The molecule has 2 aromatic carbocycles. The van der Waals surface area contributed by atoms with Gasteiger partial charge in [0.05, 0.1) is 5.69 Å². The Balaban J connectivity index is 1.77. The van der Waals surface area contributed by atoms with Gasteiger partial charge < -0.3 is 29.6 Å². The van der Waals surface area contributed by atoms with Crippen molar-refractivity contribution >= 4 is 30.2 Å². The molecule has 1 aliphatic heterocycles. The Labute approximate surface area is 161 Å². The van der Waals surface area contributed by atoms with Crippen LogP contribution < -0.4 is 15.5 Å². The molecule has 144 valence electrons. The highest BCUT2D eigenvalue weighted by Crippen LogP contribution is 2.30. The summed E-state index contributed by atoms with van der Waals surface area (Å²) in [7, 11) is -1.56. The summed E-state index contributed by atoms with van der Waals surface area (Å²) in [6, 6.07) is 13.1. The average Bonchev–Trinajstić information content (AvgIpc) is 2.62. The highest BCUT2D eigenvalue weighted by atomic mass is 16.7. The minimum atomic E-state index is -1.56. The van der Waals surface area contributed by atoms with Gasteiger partial charge in [-0.3, -0.25) is 0 Å². The summed E-state index contributed by atoms with van der Waals surface area (Å²) in [5.41, 5.74) is 0.558. The Morgan fingerprint density at radius 2 is 1.61 bits per heavy atom. The fraction of sp³-hybridized carbons (Fsp3) is 0.158. The normalized spacial score (nSPS) is 15.4. The molecule has 0 spiro atoms. The van der Waals surface area contributed by atoms with E-state index < -0.39 is 24.8 Å². The quantitative estimate of drug-likeness (QED) is 0.306. The van der Waals surface area contributed by atoms with E-state index in [1.807, 2.05) is 0 Å². The number of esters is 2. The molecule has 1 heterocycles. The number of carbonyl (C=O) groups excluding carboxylic acids is 2. The third-order valence-electron chi connectivity index (χ3n) is 3.78. The molecule has 0 aromatic heterocycles. The molecule has 9 heteroatoms. The van der Waals surface area contributed by atoms with Gasteiger partial charge >= 0.3 is 19.1 Å². The number of carbonyl (C=O) groups is 2. The van der Waals surface area contributed by atoms with Crippen molar-refractivity contribution in [3.05, 3.63) is 60.3 Å². The molecule has 0 amide bonds. The van der Waals surface area contributed by atoms with Gasteiger partial charge in [0, 0.05) is 20.0 Å². The summed E-state index contributed by atoms with van der Waals surface area (Å²) in [6.45, 7) is 2.94. The number of nitrogens with one attached hydrogen (secondary N) is 1. The lowest BCUT2D eigenvalue weighted by Crippen LogP contribution is -2.42. The molecule has 1 aliphatic rings. The van der Waals surface area contributed by atoms with Gasteiger partial charge in [0.25, 0.3) is 5.79 Å². The van der Waals surface area contributed by atoms with Gasteiger partial charge in [-0.1, -0.05) is 24.3 Å². The molecule has 28 heavy (non-hydrogen) atoms. The van der Waals surface area contributed by atoms with E-state index in [0.717, 1.165) is 0 Å². The fourth-order valence-electron chi connectivity index (χ4n) is 2.44. The van der Waals surface area contributed by atoms with Crippen LogP contribution in [-0.2, 0) is 19.1 Å². The van der Waals surface area contributed by atoms with Crippen molar-refractivity contribution in [2.75, 3.05) is 5.32 Å². The second-order valence-corrected chi connectivity index (χ2v) is 6.42. The maximum atomic E-state index is 12.0. The number of anilines is 1. The van der Waals surface area contributed by atoms with Gasteiger partial charge in [-0.2, -0.15) is 0 Å². The number of hydrogen-bond acceptors (Lipinski definition) is 8. The van der Waals surface area contributed by atoms with Crippen molar-refractivity contribution in [2.45, 2.75) is 19.6 Å². The van der Waals surface area contributed by atoms with E-state index in [4.69, 9.17) is 24.3 Å². The molecule has 0 bridgehead atoms. The zero-order chi connectivity index (χ0) is 20.3. The van der Waals surface area contributed by atoms with Crippen LogP contribution in [0.1, 0.15) is 13.8 Å². The molecule has 3 rings (SSSR count). The molecule has 0 aliphatic carbocycles. The monoisotopic (exact) mass is 383 g/mol. The van der Waals surface area contributed by atoms with Gasteiger partial charge in [-0.25, -0.2) is 9.59 Å². The van der Waals surface area contributed by atoms with Crippen molar-refractivity contribution in [1.29, 1.82) is 0 Å². The van der Waals surface area contributed by atoms with Crippen molar-refractivity contribution in [1.82, 2.24) is 0 Å². The average molecular weight is 383 g/mol. The summed E-state index contributed by atoms with van der Waals surface area (Å²) in [4.78, 5) is 24.0. The number of benzene rings is 2. The predicted molar refractivity (Wildman–Crippen MR) is 101 cm³/mol. The Morgan fingerprint density at radius 3 is 2.21 bits per heavy atom. The van der Waals surface area contributed by atoms with Crippen LogP contribution >= 0.6 is 0 Å². The van der Waals surface area contributed by atoms with Crippen LogP contribution in [0.4, 0.5) is 5.69 Å².